The van der Waals surface area contributed by atoms with Crippen molar-refractivity contribution in [3.63, 3.8) is 0 Å². The van der Waals surface area contributed by atoms with Gasteiger partial charge in [-0.3, -0.25) is 9.69 Å². The monoisotopic (exact) mass is 334 g/mol. The van der Waals surface area contributed by atoms with Crippen LogP contribution in [0.15, 0.2) is 12.4 Å². The number of imidazole rings is 1. The molecule has 0 aliphatic carbocycles. The molecule has 3 heterocycles. The van der Waals surface area contributed by atoms with Crippen molar-refractivity contribution in [2.45, 2.75) is 51.7 Å². The Balaban J connectivity index is 1.35. The minimum absolute atomic E-state index is 0.131. The number of hydrogen-bond acceptors (Lipinski definition) is 4. The lowest BCUT2D eigenvalue weighted by Crippen LogP contribution is -2.43. The lowest BCUT2D eigenvalue weighted by atomic mass is 9.96. The first-order chi connectivity index (χ1) is 11.7. The summed E-state index contributed by atoms with van der Waals surface area (Å²) < 4.78 is 7.83. The van der Waals surface area contributed by atoms with E-state index in [0.717, 1.165) is 58.3 Å². The molecule has 1 amide bonds. The van der Waals surface area contributed by atoms with Gasteiger partial charge in [-0.15, -0.1) is 0 Å². The number of rotatable bonds is 7. The molecule has 0 saturated carbocycles. The number of nitrogens with zero attached hydrogens (tertiary/aromatic N) is 3. The van der Waals surface area contributed by atoms with E-state index in [0.29, 0.717) is 19.0 Å². The van der Waals surface area contributed by atoms with Crippen LogP contribution < -0.4 is 5.32 Å². The van der Waals surface area contributed by atoms with Crippen LogP contribution in [0.5, 0.6) is 0 Å². The summed E-state index contributed by atoms with van der Waals surface area (Å²) in [7, 11) is 0. The molecule has 134 valence electrons. The summed E-state index contributed by atoms with van der Waals surface area (Å²) in [5, 5.41) is 3.02. The molecule has 6 nitrogen and oxygen atoms in total. The Bertz CT molecular complexity index is 517. The number of aryl methyl sites for hydroxylation is 1. The molecule has 24 heavy (non-hydrogen) atoms. The molecule has 0 aromatic carbocycles. The zero-order chi connectivity index (χ0) is 16.8. The van der Waals surface area contributed by atoms with Gasteiger partial charge in [-0.25, -0.2) is 4.98 Å². The highest BCUT2D eigenvalue weighted by Crippen LogP contribution is 2.19. The topological polar surface area (TPSA) is 59.4 Å². The largest absolute Gasteiger partial charge is 0.376 e. The molecule has 0 spiro atoms. The van der Waals surface area contributed by atoms with Gasteiger partial charge in [-0.2, -0.15) is 0 Å². The Morgan fingerprint density at radius 2 is 2.21 bits per heavy atom. The summed E-state index contributed by atoms with van der Waals surface area (Å²) in [5.74, 6) is 1.99. The van der Waals surface area contributed by atoms with Crippen molar-refractivity contribution in [2.75, 3.05) is 32.8 Å². The zero-order valence-electron chi connectivity index (χ0n) is 14.7. The van der Waals surface area contributed by atoms with Gasteiger partial charge in [0.1, 0.15) is 5.82 Å². The third-order valence-electron chi connectivity index (χ3n) is 5.20. The smallest absolute Gasteiger partial charge is 0.234 e. The zero-order valence-corrected chi connectivity index (χ0v) is 14.7. The Labute approximate surface area is 144 Å². The molecule has 2 aliphatic rings. The molecule has 2 saturated heterocycles. The van der Waals surface area contributed by atoms with Crippen LogP contribution in [0.2, 0.25) is 0 Å². The van der Waals surface area contributed by atoms with E-state index in [2.05, 4.69) is 32.9 Å². The standard InChI is InChI=1S/C18H30N4O2/c1-2-17-19-7-10-22(17)13-15-5-8-21(9-6-15)14-18(23)20-12-16-4-3-11-24-16/h7,10,15-16H,2-6,8-9,11-14H2,1H3,(H,20,23). The van der Waals surface area contributed by atoms with E-state index in [1.807, 2.05) is 6.20 Å². The maximum Gasteiger partial charge on any atom is 0.234 e. The molecular formula is C18H30N4O2. The van der Waals surface area contributed by atoms with Crippen LogP contribution in [0.3, 0.4) is 0 Å². The molecule has 2 fully saturated rings. The van der Waals surface area contributed by atoms with E-state index in [9.17, 15) is 4.79 Å². The van der Waals surface area contributed by atoms with Crippen LogP contribution in [0, 0.1) is 5.92 Å². The molecule has 3 rings (SSSR count). The van der Waals surface area contributed by atoms with Gasteiger partial charge in [-0.1, -0.05) is 6.92 Å². The van der Waals surface area contributed by atoms with Crippen LogP contribution >= 0.6 is 0 Å². The molecule has 1 unspecified atom stereocenters. The fraction of sp³-hybridized carbons (Fsp3) is 0.778. The predicted octanol–water partition coefficient (Wildman–Crippen LogP) is 1.45. The molecule has 1 aromatic rings. The second-order valence-corrected chi connectivity index (χ2v) is 7.01. The van der Waals surface area contributed by atoms with Crippen molar-refractivity contribution in [1.29, 1.82) is 0 Å². The van der Waals surface area contributed by atoms with Crippen LogP contribution in [0.25, 0.3) is 0 Å². The summed E-state index contributed by atoms with van der Waals surface area (Å²) in [4.78, 5) is 18.7. The van der Waals surface area contributed by atoms with E-state index < -0.39 is 0 Å². The molecule has 1 atom stereocenters. The van der Waals surface area contributed by atoms with E-state index in [4.69, 9.17) is 4.74 Å². The number of carbonyl (C=O) groups is 1. The maximum atomic E-state index is 12.1. The van der Waals surface area contributed by atoms with E-state index in [1.54, 1.807) is 0 Å². The van der Waals surface area contributed by atoms with Crippen molar-refractivity contribution in [1.82, 2.24) is 19.8 Å². The Morgan fingerprint density at radius 3 is 2.92 bits per heavy atom. The molecule has 6 heteroatoms. The third-order valence-corrected chi connectivity index (χ3v) is 5.20. The maximum absolute atomic E-state index is 12.1. The number of ether oxygens (including phenoxy) is 1. The normalized spacial score (nSPS) is 22.8. The fourth-order valence-corrected chi connectivity index (χ4v) is 3.72. The number of aromatic nitrogens is 2. The van der Waals surface area contributed by atoms with E-state index in [1.165, 1.54) is 5.82 Å². The van der Waals surface area contributed by atoms with E-state index in [-0.39, 0.29) is 12.0 Å². The predicted molar refractivity (Wildman–Crippen MR) is 92.8 cm³/mol. The van der Waals surface area contributed by atoms with Crippen molar-refractivity contribution in [2.24, 2.45) is 5.92 Å². The number of carbonyl (C=O) groups excluding carboxylic acids is 1. The number of hydrogen-bond donors (Lipinski definition) is 1. The first-order valence-corrected chi connectivity index (χ1v) is 9.35. The fourth-order valence-electron chi connectivity index (χ4n) is 3.72. The molecule has 0 radical (unpaired) electrons. The average Bonchev–Trinajstić information content (AvgIpc) is 3.26. The van der Waals surface area contributed by atoms with Crippen molar-refractivity contribution < 1.29 is 9.53 Å². The number of piperidine rings is 1. The van der Waals surface area contributed by atoms with Gasteiger partial charge in [0.15, 0.2) is 0 Å². The SMILES string of the molecule is CCc1nccn1CC1CCN(CC(=O)NCC2CCCO2)CC1. The molecule has 2 aliphatic heterocycles. The second-order valence-electron chi connectivity index (χ2n) is 7.01. The first kappa shape index (κ1) is 17.4. The summed E-state index contributed by atoms with van der Waals surface area (Å²) in [6.07, 6.45) is 9.68. The molecule has 0 bridgehead atoms. The van der Waals surface area contributed by atoms with Crippen molar-refractivity contribution in [3.05, 3.63) is 18.2 Å². The highest BCUT2D eigenvalue weighted by Gasteiger charge is 2.22. The second kappa shape index (κ2) is 8.62. The lowest BCUT2D eigenvalue weighted by molar-refractivity contribution is -0.123. The van der Waals surface area contributed by atoms with Crippen LogP contribution in [0.1, 0.15) is 38.4 Å². The summed E-state index contributed by atoms with van der Waals surface area (Å²) in [6, 6.07) is 0. The van der Waals surface area contributed by atoms with Gasteiger partial charge in [0.05, 0.1) is 12.6 Å². The minimum atomic E-state index is 0.131. The molecular weight excluding hydrogens is 304 g/mol. The van der Waals surface area contributed by atoms with Gasteiger partial charge in [0.25, 0.3) is 0 Å². The van der Waals surface area contributed by atoms with E-state index >= 15 is 0 Å². The Morgan fingerprint density at radius 1 is 1.38 bits per heavy atom. The van der Waals surface area contributed by atoms with Crippen LogP contribution in [-0.2, 0) is 22.5 Å². The average molecular weight is 334 g/mol. The first-order valence-electron chi connectivity index (χ1n) is 9.35. The number of likely N-dealkylation sites (tertiary alicyclic amines) is 1. The van der Waals surface area contributed by atoms with Gasteiger partial charge in [-0.05, 0) is 44.7 Å². The third kappa shape index (κ3) is 4.80. The van der Waals surface area contributed by atoms with Crippen LogP contribution in [0.4, 0.5) is 0 Å². The van der Waals surface area contributed by atoms with Gasteiger partial charge in [0, 0.05) is 38.5 Å². The molecule has 1 N–H and O–H groups in total. The van der Waals surface area contributed by atoms with Crippen molar-refractivity contribution >= 4 is 5.91 Å². The minimum Gasteiger partial charge on any atom is -0.376 e. The van der Waals surface area contributed by atoms with Gasteiger partial charge < -0.3 is 14.6 Å². The van der Waals surface area contributed by atoms with Gasteiger partial charge >= 0.3 is 0 Å². The molecule has 1 aromatic heterocycles. The summed E-state index contributed by atoms with van der Waals surface area (Å²) in [6.45, 7) is 7.24. The Kier molecular flexibility index (Phi) is 6.26. The number of nitrogens with one attached hydrogen (secondary N) is 1. The highest BCUT2D eigenvalue weighted by molar-refractivity contribution is 5.78. The van der Waals surface area contributed by atoms with Gasteiger partial charge in [0.2, 0.25) is 5.91 Å². The van der Waals surface area contributed by atoms with Crippen molar-refractivity contribution in [3.8, 4) is 0 Å². The van der Waals surface area contributed by atoms with Crippen LogP contribution in [-0.4, -0.2) is 59.2 Å². The summed E-state index contributed by atoms with van der Waals surface area (Å²) >= 11 is 0. The highest BCUT2D eigenvalue weighted by atomic mass is 16.5. The summed E-state index contributed by atoms with van der Waals surface area (Å²) in [5.41, 5.74) is 0. The quantitative estimate of drug-likeness (QED) is 0.820. The number of amides is 1. The lowest BCUT2D eigenvalue weighted by Gasteiger charge is -2.31. The Hall–Kier alpha value is -1.40.